The Morgan fingerprint density at radius 2 is 2.14 bits per heavy atom. The van der Waals surface area contributed by atoms with Crippen molar-refractivity contribution < 1.29 is 9.18 Å². The molecule has 1 amide bonds. The van der Waals surface area contributed by atoms with Crippen molar-refractivity contribution in [2.75, 3.05) is 12.4 Å². The van der Waals surface area contributed by atoms with E-state index in [1.165, 1.54) is 12.1 Å². The Labute approximate surface area is 129 Å². The first-order valence-electron chi connectivity index (χ1n) is 6.24. The van der Waals surface area contributed by atoms with Crippen molar-refractivity contribution in [2.45, 2.75) is 13.0 Å². The Morgan fingerprint density at radius 1 is 1.43 bits per heavy atom. The van der Waals surface area contributed by atoms with Crippen LogP contribution in [0.2, 0.25) is 0 Å². The van der Waals surface area contributed by atoms with Crippen LogP contribution in [0.15, 0.2) is 30.6 Å². The number of anilines is 1. The molecule has 1 heterocycles. The summed E-state index contributed by atoms with van der Waals surface area (Å²) in [5.74, 6) is -0.507. The number of carbonyl (C=O) groups excluding carboxylic acids is 1. The van der Waals surface area contributed by atoms with Crippen molar-refractivity contribution in [3.63, 3.8) is 0 Å². The fourth-order valence-electron chi connectivity index (χ4n) is 1.98. The van der Waals surface area contributed by atoms with Crippen molar-refractivity contribution in [3.05, 3.63) is 47.5 Å². The van der Waals surface area contributed by atoms with Crippen LogP contribution in [0, 0.1) is 12.7 Å². The molecule has 2 rings (SSSR count). The molecule has 0 bridgehead atoms. The molecule has 7 heteroatoms. The quantitative estimate of drug-likeness (QED) is 0.910. The van der Waals surface area contributed by atoms with Crippen LogP contribution in [0.25, 0.3) is 0 Å². The standard InChI is InChI=1S/C14H17FN4O.ClH/c1-9-6-11(4-5-12(9)15)18-14(20)13(16-2)10-7-17-19(3)8-10;/h4-8,13,16H,1-3H3,(H,18,20);1H. The van der Waals surface area contributed by atoms with Gasteiger partial charge in [0.05, 0.1) is 6.20 Å². The van der Waals surface area contributed by atoms with Gasteiger partial charge in [0.1, 0.15) is 11.9 Å². The van der Waals surface area contributed by atoms with Gasteiger partial charge < -0.3 is 10.6 Å². The Bertz CT molecular complexity index is 629. The average molecular weight is 313 g/mol. The number of benzene rings is 1. The summed E-state index contributed by atoms with van der Waals surface area (Å²) in [7, 11) is 3.49. The molecule has 1 atom stereocenters. The molecule has 2 aromatic rings. The third kappa shape index (κ3) is 4.03. The molecular weight excluding hydrogens is 295 g/mol. The summed E-state index contributed by atoms with van der Waals surface area (Å²) in [6.07, 6.45) is 3.41. The second-order valence-corrected chi connectivity index (χ2v) is 4.62. The van der Waals surface area contributed by atoms with Gasteiger partial charge in [0.25, 0.3) is 0 Å². The lowest BCUT2D eigenvalue weighted by Crippen LogP contribution is -2.30. The van der Waals surface area contributed by atoms with Crippen LogP contribution < -0.4 is 10.6 Å². The predicted molar refractivity (Wildman–Crippen MR) is 82.0 cm³/mol. The van der Waals surface area contributed by atoms with Gasteiger partial charge in [-0.3, -0.25) is 9.48 Å². The van der Waals surface area contributed by atoms with Gasteiger partial charge in [0.15, 0.2) is 0 Å². The van der Waals surface area contributed by atoms with Gasteiger partial charge in [-0.05, 0) is 37.7 Å². The van der Waals surface area contributed by atoms with Crippen LogP contribution in [-0.4, -0.2) is 22.7 Å². The minimum Gasteiger partial charge on any atom is -0.324 e. The Morgan fingerprint density at radius 3 is 2.67 bits per heavy atom. The lowest BCUT2D eigenvalue weighted by molar-refractivity contribution is -0.118. The largest absolute Gasteiger partial charge is 0.324 e. The third-order valence-electron chi connectivity index (χ3n) is 3.03. The molecule has 2 N–H and O–H groups in total. The van der Waals surface area contributed by atoms with Crippen molar-refractivity contribution >= 4 is 24.0 Å². The summed E-state index contributed by atoms with van der Waals surface area (Å²) in [6, 6.07) is 3.97. The maximum absolute atomic E-state index is 13.2. The van der Waals surface area contributed by atoms with E-state index in [2.05, 4.69) is 15.7 Å². The molecule has 114 valence electrons. The highest BCUT2D eigenvalue weighted by Crippen LogP contribution is 2.17. The van der Waals surface area contributed by atoms with E-state index in [9.17, 15) is 9.18 Å². The van der Waals surface area contributed by atoms with Crippen LogP contribution in [0.1, 0.15) is 17.2 Å². The summed E-state index contributed by atoms with van der Waals surface area (Å²) >= 11 is 0. The fraction of sp³-hybridized carbons (Fsp3) is 0.286. The molecule has 0 spiro atoms. The first kappa shape index (κ1) is 17.1. The van der Waals surface area contributed by atoms with Crippen LogP contribution >= 0.6 is 12.4 Å². The van der Waals surface area contributed by atoms with Gasteiger partial charge in [-0.2, -0.15) is 5.10 Å². The number of aryl methyl sites for hydroxylation is 2. The van der Waals surface area contributed by atoms with E-state index in [1.807, 2.05) is 0 Å². The molecule has 0 radical (unpaired) electrons. The van der Waals surface area contributed by atoms with Crippen LogP contribution in [-0.2, 0) is 11.8 Å². The van der Waals surface area contributed by atoms with Crippen molar-refractivity contribution in [3.8, 4) is 0 Å². The van der Waals surface area contributed by atoms with E-state index in [0.29, 0.717) is 11.3 Å². The molecule has 21 heavy (non-hydrogen) atoms. The molecule has 1 unspecified atom stereocenters. The predicted octanol–water partition coefficient (Wildman–Crippen LogP) is 2.19. The zero-order chi connectivity index (χ0) is 14.7. The summed E-state index contributed by atoms with van der Waals surface area (Å²) in [5.41, 5.74) is 1.83. The number of carbonyl (C=O) groups is 1. The highest BCUT2D eigenvalue weighted by atomic mass is 35.5. The minimum atomic E-state index is -0.506. The molecular formula is C14H18ClFN4O. The van der Waals surface area contributed by atoms with Gasteiger partial charge in [-0.25, -0.2) is 4.39 Å². The second-order valence-electron chi connectivity index (χ2n) is 4.62. The number of amides is 1. The summed E-state index contributed by atoms with van der Waals surface area (Å²) in [6.45, 7) is 1.65. The second kappa shape index (κ2) is 7.19. The molecule has 0 aliphatic rings. The van der Waals surface area contributed by atoms with Crippen LogP contribution in [0.4, 0.5) is 10.1 Å². The Kier molecular flexibility index (Phi) is 5.87. The highest BCUT2D eigenvalue weighted by Gasteiger charge is 2.20. The summed E-state index contributed by atoms with van der Waals surface area (Å²) in [4.78, 5) is 12.2. The minimum absolute atomic E-state index is 0. The van der Waals surface area contributed by atoms with E-state index in [1.54, 1.807) is 44.2 Å². The number of nitrogens with one attached hydrogen (secondary N) is 2. The van der Waals surface area contributed by atoms with Gasteiger partial charge in [-0.1, -0.05) is 0 Å². The first-order chi connectivity index (χ1) is 9.51. The first-order valence-corrected chi connectivity index (χ1v) is 6.24. The van der Waals surface area contributed by atoms with Crippen molar-refractivity contribution in [1.82, 2.24) is 15.1 Å². The Hall–Kier alpha value is -1.92. The number of rotatable bonds is 4. The monoisotopic (exact) mass is 312 g/mol. The highest BCUT2D eigenvalue weighted by molar-refractivity contribution is 5.95. The van der Waals surface area contributed by atoms with E-state index < -0.39 is 6.04 Å². The number of likely N-dealkylation sites (N-methyl/N-ethyl adjacent to an activating group) is 1. The SMILES string of the molecule is CNC(C(=O)Nc1ccc(F)c(C)c1)c1cnn(C)c1.Cl. The van der Waals surface area contributed by atoms with Gasteiger partial charge in [0.2, 0.25) is 5.91 Å². The van der Waals surface area contributed by atoms with E-state index >= 15 is 0 Å². The molecule has 0 aliphatic carbocycles. The zero-order valence-corrected chi connectivity index (χ0v) is 12.9. The van der Waals surface area contributed by atoms with Crippen LogP contribution in [0.5, 0.6) is 0 Å². The number of aromatic nitrogens is 2. The molecule has 5 nitrogen and oxygen atoms in total. The lowest BCUT2D eigenvalue weighted by atomic mass is 10.1. The van der Waals surface area contributed by atoms with Gasteiger partial charge in [0, 0.05) is 24.5 Å². The normalized spacial score (nSPS) is 11.6. The molecule has 0 aliphatic heterocycles. The molecule has 0 saturated carbocycles. The maximum Gasteiger partial charge on any atom is 0.246 e. The fourth-order valence-corrected chi connectivity index (χ4v) is 1.98. The zero-order valence-electron chi connectivity index (χ0n) is 12.1. The topological polar surface area (TPSA) is 59.0 Å². The molecule has 1 aromatic heterocycles. The van der Waals surface area contributed by atoms with Crippen LogP contribution in [0.3, 0.4) is 0 Å². The summed E-state index contributed by atoms with van der Waals surface area (Å²) < 4.78 is 14.8. The number of hydrogen-bond donors (Lipinski definition) is 2. The number of nitrogens with zero attached hydrogens (tertiary/aromatic N) is 2. The van der Waals surface area contributed by atoms with Gasteiger partial charge in [-0.15, -0.1) is 12.4 Å². The van der Waals surface area contributed by atoms with E-state index in [0.717, 1.165) is 5.56 Å². The average Bonchev–Trinajstić information content (AvgIpc) is 2.81. The van der Waals surface area contributed by atoms with Crippen molar-refractivity contribution in [2.24, 2.45) is 7.05 Å². The number of hydrogen-bond acceptors (Lipinski definition) is 3. The van der Waals surface area contributed by atoms with Gasteiger partial charge >= 0.3 is 0 Å². The van der Waals surface area contributed by atoms with E-state index in [-0.39, 0.29) is 24.1 Å². The number of halogens is 2. The molecule has 1 aromatic carbocycles. The smallest absolute Gasteiger partial charge is 0.246 e. The van der Waals surface area contributed by atoms with Crippen molar-refractivity contribution in [1.29, 1.82) is 0 Å². The van der Waals surface area contributed by atoms with E-state index in [4.69, 9.17) is 0 Å². The lowest BCUT2D eigenvalue weighted by Gasteiger charge is -2.15. The third-order valence-corrected chi connectivity index (χ3v) is 3.03. The molecule has 0 saturated heterocycles. The Balaban J connectivity index is 0.00000220. The molecule has 0 fully saturated rings. The summed E-state index contributed by atoms with van der Waals surface area (Å²) in [5, 5.41) is 9.75. The maximum atomic E-state index is 13.2.